The summed E-state index contributed by atoms with van der Waals surface area (Å²) in [7, 11) is 0. The van der Waals surface area contributed by atoms with Crippen LogP contribution in [0.15, 0.2) is 84.9 Å². The van der Waals surface area contributed by atoms with E-state index in [2.05, 4.69) is 84.9 Å². The van der Waals surface area contributed by atoms with Gasteiger partial charge in [0.05, 0.1) is 0 Å². The predicted octanol–water partition coefficient (Wildman–Crippen LogP) is 5.66. The van der Waals surface area contributed by atoms with Crippen molar-refractivity contribution < 1.29 is 5.11 Å². The molecule has 0 fully saturated rings. The molecule has 0 saturated heterocycles. The highest BCUT2D eigenvalue weighted by Gasteiger charge is 2.06. The van der Waals surface area contributed by atoms with E-state index in [1.807, 2.05) is 0 Å². The zero-order valence-corrected chi connectivity index (χ0v) is 13.2. The van der Waals surface area contributed by atoms with Gasteiger partial charge in [0.1, 0.15) is 0 Å². The molecule has 1 nitrogen and oxygen atoms in total. The summed E-state index contributed by atoms with van der Waals surface area (Å²) in [4.78, 5) is 0. The second-order valence-corrected chi connectivity index (χ2v) is 5.37. The molecule has 1 N–H and O–H groups in total. The maximum absolute atomic E-state index is 7.57. The highest BCUT2D eigenvalue weighted by Crippen LogP contribution is 2.33. The van der Waals surface area contributed by atoms with Gasteiger partial charge in [0.2, 0.25) is 0 Å². The molecule has 0 amide bonds. The van der Waals surface area contributed by atoms with E-state index in [9.17, 15) is 0 Å². The van der Waals surface area contributed by atoms with Gasteiger partial charge in [-0.1, -0.05) is 84.9 Å². The Hall–Kier alpha value is -2.64. The molecule has 0 saturated carbocycles. The van der Waals surface area contributed by atoms with Gasteiger partial charge in [-0.15, -0.1) is 0 Å². The molecule has 0 spiro atoms. The number of hydrogen-bond donors (Lipinski definition) is 1. The van der Waals surface area contributed by atoms with Gasteiger partial charge in [-0.2, -0.15) is 0 Å². The molecule has 4 rings (SSSR count). The van der Waals surface area contributed by atoms with Crippen molar-refractivity contribution in [1.82, 2.24) is 0 Å². The SMILES string of the molecule is CCO.c1ccc2c(-c3cccc4ccccc34)cccc2c1. The Balaban J connectivity index is 0.000000485. The number of aliphatic hydroxyl groups excluding tert-OH is 1. The van der Waals surface area contributed by atoms with Crippen molar-refractivity contribution in [3.63, 3.8) is 0 Å². The lowest BCUT2D eigenvalue weighted by molar-refractivity contribution is 0.318. The number of fused-ring (bicyclic) bond motifs is 2. The number of rotatable bonds is 1. The summed E-state index contributed by atoms with van der Waals surface area (Å²) in [5.41, 5.74) is 2.61. The van der Waals surface area contributed by atoms with E-state index < -0.39 is 0 Å². The lowest BCUT2D eigenvalue weighted by Crippen LogP contribution is -1.83. The molecule has 0 aliphatic rings. The van der Waals surface area contributed by atoms with Crippen LogP contribution in [0, 0.1) is 0 Å². The molecule has 0 unspecified atom stereocenters. The first-order chi connectivity index (χ1) is 11.3. The van der Waals surface area contributed by atoms with Gasteiger partial charge in [0, 0.05) is 6.61 Å². The Morgan fingerprint density at radius 2 is 0.913 bits per heavy atom. The summed E-state index contributed by atoms with van der Waals surface area (Å²) in [6.07, 6.45) is 0. The fraction of sp³-hybridized carbons (Fsp3) is 0.0909. The molecule has 23 heavy (non-hydrogen) atoms. The molecule has 114 valence electrons. The minimum Gasteiger partial charge on any atom is -0.397 e. The summed E-state index contributed by atoms with van der Waals surface area (Å²) >= 11 is 0. The topological polar surface area (TPSA) is 20.2 Å². The average Bonchev–Trinajstić information content (AvgIpc) is 2.61. The maximum atomic E-state index is 7.57. The molecule has 4 aromatic carbocycles. The Labute approximate surface area is 136 Å². The first kappa shape index (κ1) is 15.3. The van der Waals surface area contributed by atoms with Crippen LogP contribution >= 0.6 is 0 Å². The normalized spacial score (nSPS) is 10.3. The molecular weight excluding hydrogens is 280 g/mol. The summed E-state index contributed by atoms with van der Waals surface area (Å²) < 4.78 is 0. The minimum atomic E-state index is 0.250. The first-order valence-electron chi connectivity index (χ1n) is 7.92. The molecule has 1 heteroatoms. The Morgan fingerprint density at radius 3 is 1.35 bits per heavy atom. The van der Waals surface area contributed by atoms with Crippen molar-refractivity contribution in [2.75, 3.05) is 6.61 Å². The molecule has 0 bridgehead atoms. The van der Waals surface area contributed by atoms with E-state index in [0.717, 1.165) is 0 Å². The summed E-state index contributed by atoms with van der Waals surface area (Å²) in [6.45, 7) is 1.93. The second kappa shape index (κ2) is 7.08. The third-order valence-electron chi connectivity index (χ3n) is 3.87. The zero-order valence-electron chi connectivity index (χ0n) is 13.2. The fourth-order valence-electron chi connectivity index (χ4n) is 2.92. The minimum absolute atomic E-state index is 0.250. The Kier molecular flexibility index (Phi) is 4.70. The summed E-state index contributed by atoms with van der Waals surface area (Å²) in [5.74, 6) is 0. The van der Waals surface area contributed by atoms with Crippen LogP contribution in [0.5, 0.6) is 0 Å². The van der Waals surface area contributed by atoms with Gasteiger partial charge >= 0.3 is 0 Å². The van der Waals surface area contributed by atoms with Gasteiger partial charge in [-0.25, -0.2) is 0 Å². The highest BCUT2D eigenvalue weighted by molar-refractivity contribution is 6.05. The van der Waals surface area contributed by atoms with Gasteiger partial charge in [-0.3, -0.25) is 0 Å². The summed E-state index contributed by atoms with van der Waals surface area (Å²) in [6, 6.07) is 30.2. The molecule has 0 aromatic heterocycles. The van der Waals surface area contributed by atoms with Crippen molar-refractivity contribution in [3.8, 4) is 11.1 Å². The Morgan fingerprint density at radius 1 is 0.565 bits per heavy atom. The summed E-state index contributed by atoms with van der Waals surface area (Å²) in [5, 5.41) is 12.8. The Bertz CT molecular complexity index is 837. The van der Waals surface area contributed by atoms with Crippen molar-refractivity contribution in [3.05, 3.63) is 84.9 Å². The lowest BCUT2D eigenvalue weighted by Gasteiger charge is -2.10. The van der Waals surface area contributed by atoms with Crippen LogP contribution in [0.1, 0.15) is 6.92 Å². The van der Waals surface area contributed by atoms with Gasteiger partial charge in [0.25, 0.3) is 0 Å². The fourth-order valence-corrected chi connectivity index (χ4v) is 2.92. The van der Waals surface area contributed by atoms with Crippen LogP contribution in [0.2, 0.25) is 0 Å². The van der Waals surface area contributed by atoms with Crippen molar-refractivity contribution in [1.29, 1.82) is 0 Å². The molecule has 0 radical (unpaired) electrons. The number of benzene rings is 4. The maximum Gasteiger partial charge on any atom is 0.0402 e. The quantitative estimate of drug-likeness (QED) is 0.481. The van der Waals surface area contributed by atoms with Gasteiger partial charge < -0.3 is 5.11 Å². The number of aliphatic hydroxyl groups is 1. The van der Waals surface area contributed by atoms with E-state index in [4.69, 9.17) is 5.11 Å². The molecular formula is C22H20O. The van der Waals surface area contributed by atoms with Crippen LogP contribution in [0.25, 0.3) is 32.7 Å². The van der Waals surface area contributed by atoms with Crippen LogP contribution in [-0.2, 0) is 0 Å². The van der Waals surface area contributed by atoms with Crippen LogP contribution in [0.4, 0.5) is 0 Å². The van der Waals surface area contributed by atoms with E-state index in [-0.39, 0.29) is 6.61 Å². The highest BCUT2D eigenvalue weighted by atomic mass is 16.2. The molecule has 0 aliphatic heterocycles. The van der Waals surface area contributed by atoms with Crippen molar-refractivity contribution >= 4 is 21.5 Å². The monoisotopic (exact) mass is 300 g/mol. The third kappa shape index (κ3) is 3.10. The molecule has 4 aromatic rings. The lowest BCUT2D eigenvalue weighted by atomic mass is 9.94. The van der Waals surface area contributed by atoms with Crippen molar-refractivity contribution in [2.24, 2.45) is 0 Å². The predicted molar refractivity (Wildman–Crippen MR) is 99.6 cm³/mol. The molecule has 0 heterocycles. The van der Waals surface area contributed by atoms with Crippen LogP contribution in [-0.4, -0.2) is 11.7 Å². The standard InChI is InChI=1S/C20H14.C2H6O/c1-3-11-17-15(7-1)9-5-13-19(17)20-14-6-10-16-8-2-4-12-18(16)20;1-2-3/h1-14H;3H,2H2,1H3. The molecule has 0 atom stereocenters. The number of hydrogen-bond acceptors (Lipinski definition) is 1. The van der Waals surface area contributed by atoms with E-state index in [1.165, 1.54) is 32.7 Å². The first-order valence-corrected chi connectivity index (χ1v) is 7.92. The van der Waals surface area contributed by atoms with Gasteiger partial charge in [-0.05, 0) is 39.6 Å². The van der Waals surface area contributed by atoms with E-state index in [1.54, 1.807) is 6.92 Å². The molecule has 0 aliphatic carbocycles. The largest absolute Gasteiger partial charge is 0.397 e. The van der Waals surface area contributed by atoms with Crippen LogP contribution in [0.3, 0.4) is 0 Å². The second-order valence-electron chi connectivity index (χ2n) is 5.37. The van der Waals surface area contributed by atoms with E-state index >= 15 is 0 Å². The third-order valence-corrected chi connectivity index (χ3v) is 3.87. The van der Waals surface area contributed by atoms with Crippen LogP contribution < -0.4 is 0 Å². The zero-order chi connectivity index (χ0) is 16.1. The van der Waals surface area contributed by atoms with Gasteiger partial charge in [0.15, 0.2) is 0 Å². The average molecular weight is 300 g/mol. The van der Waals surface area contributed by atoms with E-state index in [0.29, 0.717) is 0 Å². The van der Waals surface area contributed by atoms with Crippen molar-refractivity contribution in [2.45, 2.75) is 6.92 Å². The smallest absolute Gasteiger partial charge is 0.0402 e.